The molecule has 0 unspecified atom stereocenters. The lowest BCUT2D eigenvalue weighted by Gasteiger charge is -2.37. The summed E-state index contributed by atoms with van der Waals surface area (Å²) < 4.78 is 0. The largest absolute Gasteiger partial charge is 0.340 e. The van der Waals surface area contributed by atoms with Crippen molar-refractivity contribution in [3.8, 4) is 0 Å². The maximum Gasteiger partial charge on any atom is 0.226 e. The predicted octanol–water partition coefficient (Wildman–Crippen LogP) is -0.208. The van der Waals surface area contributed by atoms with Crippen molar-refractivity contribution in [2.24, 2.45) is 17.6 Å². The SMILES string of the molecule is CN(C(=O)[C@@H]1CCC[C@@H]1CN)C1CNC1. The smallest absolute Gasteiger partial charge is 0.226 e. The number of hydrogen-bond acceptors (Lipinski definition) is 3. The first-order valence-corrected chi connectivity index (χ1v) is 5.91. The second-order valence-electron chi connectivity index (χ2n) is 4.79. The molecule has 2 fully saturated rings. The molecule has 86 valence electrons. The van der Waals surface area contributed by atoms with Crippen LogP contribution in [0.25, 0.3) is 0 Å². The molecule has 3 N–H and O–H groups in total. The monoisotopic (exact) mass is 211 g/mol. The van der Waals surface area contributed by atoms with Crippen LogP contribution in [0.15, 0.2) is 0 Å². The van der Waals surface area contributed by atoms with E-state index < -0.39 is 0 Å². The van der Waals surface area contributed by atoms with Gasteiger partial charge in [0.25, 0.3) is 0 Å². The van der Waals surface area contributed by atoms with Crippen molar-refractivity contribution in [2.75, 3.05) is 26.7 Å². The van der Waals surface area contributed by atoms with Crippen molar-refractivity contribution in [3.63, 3.8) is 0 Å². The highest BCUT2D eigenvalue weighted by atomic mass is 16.2. The summed E-state index contributed by atoms with van der Waals surface area (Å²) in [6, 6.07) is 0.413. The molecule has 0 bridgehead atoms. The summed E-state index contributed by atoms with van der Waals surface area (Å²) in [6.45, 7) is 2.55. The van der Waals surface area contributed by atoms with Gasteiger partial charge in [0, 0.05) is 26.1 Å². The molecule has 1 amide bonds. The molecule has 0 radical (unpaired) electrons. The number of likely N-dealkylation sites (N-methyl/N-ethyl adjacent to an activating group) is 1. The number of hydrogen-bond donors (Lipinski definition) is 2. The zero-order valence-corrected chi connectivity index (χ0v) is 9.41. The van der Waals surface area contributed by atoms with Gasteiger partial charge in [0.2, 0.25) is 5.91 Å². The van der Waals surface area contributed by atoms with Crippen LogP contribution in [0, 0.1) is 11.8 Å². The van der Waals surface area contributed by atoms with E-state index in [-0.39, 0.29) is 5.92 Å². The van der Waals surface area contributed by atoms with Gasteiger partial charge in [-0.15, -0.1) is 0 Å². The Bertz CT molecular complexity index is 240. The van der Waals surface area contributed by atoms with E-state index in [4.69, 9.17) is 5.73 Å². The van der Waals surface area contributed by atoms with E-state index in [2.05, 4.69) is 5.32 Å². The molecule has 0 aromatic heterocycles. The van der Waals surface area contributed by atoms with E-state index in [0.29, 0.717) is 24.4 Å². The van der Waals surface area contributed by atoms with E-state index in [1.165, 1.54) is 0 Å². The molecule has 4 heteroatoms. The molecular formula is C11H21N3O. The molecule has 1 heterocycles. The third kappa shape index (κ3) is 2.01. The molecule has 2 rings (SSSR count). The molecular weight excluding hydrogens is 190 g/mol. The van der Waals surface area contributed by atoms with E-state index in [1.807, 2.05) is 11.9 Å². The number of amides is 1. The fraction of sp³-hybridized carbons (Fsp3) is 0.909. The molecule has 0 spiro atoms. The summed E-state index contributed by atoms with van der Waals surface area (Å²) in [6.07, 6.45) is 3.32. The van der Waals surface area contributed by atoms with Crippen molar-refractivity contribution in [3.05, 3.63) is 0 Å². The van der Waals surface area contributed by atoms with Crippen LogP contribution in [0.4, 0.5) is 0 Å². The van der Waals surface area contributed by atoms with Gasteiger partial charge in [0.1, 0.15) is 0 Å². The zero-order valence-electron chi connectivity index (χ0n) is 9.41. The van der Waals surface area contributed by atoms with Gasteiger partial charge in [-0.2, -0.15) is 0 Å². The maximum absolute atomic E-state index is 12.2. The molecule has 15 heavy (non-hydrogen) atoms. The first-order chi connectivity index (χ1) is 7.24. The summed E-state index contributed by atoms with van der Waals surface area (Å²) >= 11 is 0. The van der Waals surface area contributed by atoms with Crippen molar-refractivity contribution in [1.82, 2.24) is 10.2 Å². The lowest BCUT2D eigenvalue weighted by molar-refractivity contribution is -0.138. The minimum atomic E-state index is 0.195. The van der Waals surface area contributed by atoms with Gasteiger partial charge in [-0.25, -0.2) is 0 Å². The van der Waals surface area contributed by atoms with E-state index in [1.54, 1.807) is 0 Å². The Morgan fingerprint density at radius 3 is 2.73 bits per heavy atom. The first kappa shape index (κ1) is 10.9. The van der Waals surface area contributed by atoms with Crippen LogP contribution in [-0.2, 0) is 4.79 Å². The number of carbonyl (C=O) groups excluding carboxylic acids is 1. The topological polar surface area (TPSA) is 58.4 Å². The quantitative estimate of drug-likeness (QED) is 0.679. The summed E-state index contributed by atoms with van der Waals surface area (Å²) in [5, 5.41) is 3.19. The highest BCUT2D eigenvalue weighted by Crippen LogP contribution is 2.32. The van der Waals surface area contributed by atoms with E-state index in [0.717, 1.165) is 32.4 Å². The number of nitrogens with one attached hydrogen (secondary N) is 1. The van der Waals surface area contributed by atoms with Crippen LogP contribution in [0.5, 0.6) is 0 Å². The maximum atomic E-state index is 12.2. The number of nitrogens with zero attached hydrogens (tertiary/aromatic N) is 1. The number of carbonyl (C=O) groups is 1. The molecule has 1 aliphatic carbocycles. The highest BCUT2D eigenvalue weighted by Gasteiger charge is 2.36. The molecule has 1 aliphatic heterocycles. The predicted molar refractivity (Wildman–Crippen MR) is 59.3 cm³/mol. The Labute approximate surface area is 91.2 Å². The summed E-state index contributed by atoms with van der Waals surface area (Å²) in [7, 11) is 1.93. The second-order valence-corrected chi connectivity index (χ2v) is 4.79. The molecule has 1 saturated carbocycles. The van der Waals surface area contributed by atoms with Crippen LogP contribution in [-0.4, -0.2) is 43.5 Å². The zero-order chi connectivity index (χ0) is 10.8. The lowest BCUT2D eigenvalue weighted by Crippen LogP contribution is -2.58. The van der Waals surface area contributed by atoms with Crippen LogP contribution in [0.2, 0.25) is 0 Å². The Kier molecular flexibility index (Phi) is 3.26. The average Bonchev–Trinajstić information content (AvgIpc) is 2.61. The normalized spacial score (nSPS) is 31.3. The van der Waals surface area contributed by atoms with E-state index in [9.17, 15) is 4.79 Å². The number of nitrogens with two attached hydrogens (primary N) is 1. The molecule has 1 saturated heterocycles. The summed E-state index contributed by atoms with van der Waals surface area (Å²) in [5.41, 5.74) is 5.70. The molecule has 4 nitrogen and oxygen atoms in total. The van der Waals surface area contributed by atoms with Crippen LogP contribution >= 0.6 is 0 Å². The molecule has 2 aliphatic rings. The third-order valence-electron chi connectivity index (χ3n) is 3.93. The fourth-order valence-corrected chi connectivity index (χ4v) is 2.63. The molecule has 0 aromatic carbocycles. The van der Waals surface area contributed by atoms with Gasteiger partial charge >= 0.3 is 0 Å². The van der Waals surface area contributed by atoms with Gasteiger partial charge in [-0.05, 0) is 25.3 Å². The van der Waals surface area contributed by atoms with Gasteiger partial charge in [-0.3, -0.25) is 4.79 Å². The van der Waals surface area contributed by atoms with Crippen molar-refractivity contribution < 1.29 is 4.79 Å². The summed E-state index contributed by atoms with van der Waals surface area (Å²) in [4.78, 5) is 14.1. The fourth-order valence-electron chi connectivity index (χ4n) is 2.63. The van der Waals surface area contributed by atoms with Gasteiger partial charge in [0.15, 0.2) is 0 Å². The van der Waals surface area contributed by atoms with Crippen molar-refractivity contribution >= 4 is 5.91 Å². The van der Waals surface area contributed by atoms with Gasteiger partial charge in [-0.1, -0.05) is 6.42 Å². The Hall–Kier alpha value is -0.610. The van der Waals surface area contributed by atoms with Crippen LogP contribution < -0.4 is 11.1 Å². The Morgan fingerprint density at radius 1 is 1.47 bits per heavy atom. The third-order valence-corrected chi connectivity index (χ3v) is 3.93. The van der Waals surface area contributed by atoms with Gasteiger partial charge < -0.3 is 16.0 Å². The van der Waals surface area contributed by atoms with Crippen LogP contribution in [0.1, 0.15) is 19.3 Å². The molecule has 0 aromatic rings. The summed E-state index contributed by atoms with van der Waals surface area (Å²) in [5.74, 6) is 0.933. The van der Waals surface area contributed by atoms with Gasteiger partial charge in [0.05, 0.1) is 6.04 Å². The lowest BCUT2D eigenvalue weighted by atomic mass is 9.94. The first-order valence-electron chi connectivity index (χ1n) is 5.91. The van der Waals surface area contributed by atoms with Crippen molar-refractivity contribution in [2.45, 2.75) is 25.3 Å². The minimum Gasteiger partial charge on any atom is -0.340 e. The Morgan fingerprint density at radius 2 is 2.20 bits per heavy atom. The van der Waals surface area contributed by atoms with Crippen molar-refractivity contribution in [1.29, 1.82) is 0 Å². The molecule has 2 atom stereocenters. The Balaban J connectivity index is 1.93. The van der Waals surface area contributed by atoms with Crippen LogP contribution in [0.3, 0.4) is 0 Å². The second kappa shape index (κ2) is 4.49. The average molecular weight is 211 g/mol. The van der Waals surface area contributed by atoms with E-state index >= 15 is 0 Å². The standard InChI is InChI=1S/C11H21N3O/c1-14(9-6-13-7-9)11(15)10-4-2-3-8(10)5-12/h8-10,13H,2-7,12H2,1H3/t8-,10-/m1/s1. The minimum absolute atomic E-state index is 0.195. The number of rotatable bonds is 3. The highest BCUT2D eigenvalue weighted by molar-refractivity contribution is 5.79.